The number of aromatic nitrogens is 4. The van der Waals surface area contributed by atoms with E-state index in [4.69, 9.17) is 5.11 Å². The minimum atomic E-state index is -1.17. The van der Waals surface area contributed by atoms with Crippen LogP contribution in [0.2, 0.25) is 0 Å². The summed E-state index contributed by atoms with van der Waals surface area (Å²) >= 11 is 0. The normalized spacial score (nSPS) is 10.7. The van der Waals surface area contributed by atoms with Crippen LogP contribution in [-0.2, 0) is 16.1 Å². The number of carbonyl (C=O) groups excluding carboxylic acids is 1. The van der Waals surface area contributed by atoms with Crippen LogP contribution in [-0.4, -0.2) is 37.2 Å². The number of nitrogens with one attached hydrogen (secondary N) is 1. The maximum atomic E-state index is 13.7. The minimum Gasteiger partial charge on any atom is -0.478 e. The van der Waals surface area contributed by atoms with Crippen LogP contribution in [0.15, 0.2) is 30.6 Å². The number of rotatable bonds is 5. The summed E-state index contributed by atoms with van der Waals surface area (Å²) < 4.78 is 14.9. The second-order valence-corrected chi connectivity index (χ2v) is 3.96. The molecule has 0 atom stereocenters. The van der Waals surface area contributed by atoms with Crippen molar-refractivity contribution in [3.05, 3.63) is 42.0 Å². The van der Waals surface area contributed by atoms with Gasteiger partial charge in [-0.25, -0.2) is 13.9 Å². The van der Waals surface area contributed by atoms with Crippen LogP contribution in [0.1, 0.15) is 5.56 Å². The number of aliphatic carboxylic acids is 1. The Balaban J connectivity index is 2.03. The lowest BCUT2D eigenvalue weighted by Crippen LogP contribution is -2.19. The van der Waals surface area contributed by atoms with Gasteiger partial charge in [-0.3, -0.25) is 4.79 Å². The number of amides is 1. The van der Waals surface area contributed by atoms with Crippen molar-refractivity contribution in [2.24, 2.45) is 0 Å². The molecule has 0 saturated heterocycles. The molecule has 2 rings (SSSR count). The van der Waals surface area contributed by atoms with Crippen LogP contribution < -0.4 is 5.32 Å². The van der Waals surface area contributed by atoms with Crippen molar-refractivity contribution in [3.63, 3.8) is 0 Å². The molecular formula is C12H10FN5O3. The molecule has 9 heteroatoms. The Labute approximate surface area is 117 Å². The van der Waals surface area contributed by atoms with Gasteiger partial charge in [-0.15, -0.1) is 5.10 Å². The van der Waals surface area contributed by atoms with Gasteiger partial charge in [0, 0.05) is 17.3 Å². The van der Waals surface area contributed by atoms with Crippen LogP contribution in [0.4, 0.5) is 10.1 Å². The van der Waals surface area contributed by atoms with Gasteiger partial charge in [0.25, 0.3) is 0 Å². The number of hydrogen-bond acceptors (Lipinski definition) is 5. The molecule has 8 nitrogen and oxygen atoms in total. The fraction of sp³-hybridized carbons (Fsp3) is 0.0833. The van der Waals surface area contributed by atoms with E-state index in [-0.39, 0.29) is 17.8 Å². The molecule has 1 aromatic carbocycles. The number of nitrogens with zero attached hydrogens (tertiary/aromatic N) is 4. The first-order valence-electron chi connectivity index (χ1n) is 5.76. The van der Waals surface area contributed by atoms with Gasteiger partial charge in [0.05, 0.1) is 0 Å². The SMILES string of the molecule is O=C(O)C=Cc1ccc(NC(=O)Cn2cnnn2)cc1F. The van der Waals surface area contributed by atoms with Gasteiger partial charge in [0.2, 0.25) is 5.91 Å². The van der Waals surface area contributed by atoms with Crippen molar-refractivity contribution >= 4 is 23.6 Å². The van der Waals surface area contributed by atoms with Gasteiger partial charge in [-0.05, 0) is 34.7 Å². The summed E-state index contributed by atoms with van der Waals surface area (Å²) in [6.07, 6.45) is 3.23. The zero-order valence-electron chi connectivity index (χ0n) is 10.6. The van der Waals surface area contributed by atoms with Crippen LogP contribution in [0.3, 0.4) is 0 Å². The number of carbonyl (C=O) groups is 2. The molecule has 1 aromatic heterocycles. The van der Waals surface area contributed by atoms with Gasteiger partial charge >= 0.3 is 5.97 Å². The molecule has 0 bridgehead atoms. The average Bonchev–Trinajstić information content (AvgIpc) is 2.90. The third-order valence-corrected chi connectivity index (χ3v) is 2.39. The number of anilines is 1. The van der Waals surface area contributed by atoms with Crippen LogP contribution in [0, 0.1) is 5.82 Å². The maximum absolute atomic E-state index is 13.7. The van der Waals surface area contributed by atoms with Crippen LogP contribution in [0.25, 0.3) is 6.08 Å². The fourth-order valence-electron chi connectivity index (χ4n) is 1.50. The number of benzene rings is 1. The monoisotopic (exact) mass is 291 g/mol. The standard InChI is InChI=1S/C12H10FN5O3/c13-10-5-9(3-1-8(10)2-4-12(20)21)15-11(19)6-18-7-14-16-17-18/h1-5,7H,6H2,(H,15,19)(H,20,21). The Morgan fingerprint density at radius 3 is 2.86 bits per heavy atom. The van der Waals surface area contributed by atoms with E-state index in [0.29, 0.717) is 0 Å². The van der Waals surface area contributed by atoms with Crippen molar-refractivity contribution in [1.29, 1.82) is 0 Å². The molecule has 2 N–H and O–H groups in total. The smallest absolute Gasteiger partial charge is 0.328 e. The number of halogens is 1. The molecular weight excluding hydrogens is 281 g/mol. The first-order valence-corrected chi connectivity index (χ1v) is 5.76. The van der Waals surface area contributed by atoms with E-state index in [2.05, 4.69) is 20.8 Å². The average molecular weight is 291 g/mol. The highest BCUT2D eigenvalue weighted by Gasteiger charge is 2.07. The maximum Gasteiger partial charge on any atom is 0.328 e. The van der Waals surface area contributed by atoms with Gasteiger partial charge in [-0.2, -0.15) is 0 Å². The lowest BCUT2D eigenvalue weighted by atomic mass is 10.1. The summed E-state index contributed by atoms with van der Waals surface area (Å²) in [5.41, 5.74) is 0.355. The molecule has 0 aliphatic carbocycles. The second-order valence-electron chi connectivity index (χ2n) is 3.96. The van der Waals surface area contributed by atoms with Gasteiger partial charge in [0.1, 0.15) is 18.7 Å². The Morgan fingerprint density at radius 2 is 2.24 bits per heavy atom. The number of tetrazole rings is 1. The van der Waals surface area contributed by atoms with E-state index in [0.717, 1.165) is 18.2 Å². The first-order chi connectivity index (χ1) is 10.0. The summed E-state index contributed by atoms with van der Waals surface area (Å²) in [4.78, 5) is 22.0. The molecule has 0 spiro atoms. The predicted molar refractivity (Wildman–Crippen MR) is 69.5 cm³/mol. The fourth-order valence-corrected chi connectivity index (χ4v) is 1.50. The number of hydrogen-bond donors (Lipinski definition) is 2. The molecule has 21 heavy (non-hydrogen) atoms. The molecule has 0 unspecified atom stereocenters. The number of carboxylic acids is 1. The highest BCUT2D eigenvalue weighted by molar-refractivity contribution is 5.90. The van der Waals surface area contributed by atoms with E-state index in [1.54, 1.807) is 0 Å². The highest BCUT2D eigenvalue weighted by Crippen LogP contribution is 2.16. The summed E-state index contributed by atoms with van der Waals surface area (Å²) in [6, 6.07) is 3.92. The van der Waals surface area contributed by atoms with Gasteiger partial charge in [-0.1, -0.05) is 0 Å². The van der Waals surface area contributed by atoms with Crippen molar-refractivity contribution in [1.82, 2.24) is 20.2 Å². The molecule has 0 saturated carbocycles. The van der Waals surface area contributed by atoms with Crippen molar-refractivity contribution in [2.45, 2.75) is 6.54 Å². The van der Waals surface area contributed by atoms with E-state index < -0.39 is 17.7 Å². The molecule has 1 heterocycles. The Morgan fingerprint density at radius 1 is 1.43 bits per heavy atom. The quantitative estimate of drug-likeness (QED) is 0.778. The van der Waals surface area contributed by atoms with Crippen molar-refractivity contribution in [2.75, 3.05) is 5.32 Å². The molecule has 1 amide bonds. The zero-order valence-corrected chi connectivity index (χ0v) is 10.6. The van der Waals surface area contributed by atoms with E-state index in [9.17, 15) is 14.0 Å². The molecule has 0 aliphatic heterocycles. The largest absolute Gasteiger partial charge is 0.478 e. The zero-order chi connectivity index (χ0) is 15.2. The Bertz CT molecular complexity index is 684. The number of carboxylic acid groups (broad SMARTS) is 1. The predicted octanol–water partition coefficient (Wildman–Crippen LogP) is 0.549. The molecule has 2 aromatic rings. The van der Waals surface area contributed by atoms with E-state index in [1.807, 2.05) is 0 Å². The molecule has 108 valence electrons. The molecule has 0 radical (unpaired) electrons. The van der Waals surface area contributed by atoms with E-state index >= 15 is 0 Å². The highest BCUT2D eigenvalue weighted by atomic mass is 19.1. The summed E-state index contributed by atoms with van der Waals surface area (Å²) in [5, 5.41) is 21.2. The summed E-state index contributed by atoms with van der Waals surface area (Å²) in [6.45, 7) is -0.102. The van der Waals surface area contributed by atoms with Crippen molar-refractivity contribution in [3.8, 4) is 0 Å². The Hall–Kier alpha value is -3.10. The lowest BCUT2D eigenvalue weighted by molar-refractivity contribution is -0.131. The van der Waals surface area contributed by atoms with Gasteiger partial charge < -0.3 is 10.4 Å². The third-order valence-electron chi connectivity index (χ3n) is 2.39. The van der Waals surface area contributed by atoms with Crippen LogP contribution in [0.5, 0.6) is 0 Å². The summed E-state index contributed by atoms with van der Waals surface area (Å²) in [7, 11) is 0. The first kappa shape index (κ1) is 14.3. The lowest BCUT2D eigenvalue weighted by Gasteiger charge is -2.06. The second kappa shape index (κ2) is 6.37. The molecule has 0 fully saturated rings. The topological polar surface area (TPSA) is 110 Å². The van der Waals surface area contributed by atoms with Gasteiger partial charge in [0.15, 0.2) is 0 Å². The Kier molecular flexibility index (Phi) is 4.34. The molecule has 0 aliphatic rings. The summed E-state index contributed by atoms with van der Waals surface area (Å²) in [5.74, 6) is -2.24. The van der Waals surface area contributed by atoms with E-state index in [1.165, 1.54) is 23.1 Å². The minimum absolute atomic E-state index is 0.102. The van der Waals surface area contributed by atoms with Crippen LogP contribution >= 0.6 is 0 Å². The van der Waals surface area contributed by atoms with Crippen molar-refractivity contribution < 1.29 is 19.1 Å². The third kappa shape index (κ3) is 4.20.